The standard InChI is InChI=1S/C10H14N2O2.C8H15NO3/c1-12-7-9(6-11-12)10(13)8-2-4-14-5-3-8;1-9(11-2)8(10)7-3-5-12-6-4-7/h6-8H,2-5H2,1H3;7H,3-6H2,1-2H3. The molecule has 0 spiro atoms. The van der Waals surface area contributed by atoms with Crippen LogP contribution < -0.4 is 0 Å². The second-order valence-electron chi connectivity index (χ2n) is 6.56. The van der Waals surface area contributed by atoms with Gasteiger partial charge < -0.3 is 9.47 Å². The second kappa shape index (κ2) is 10.4. The highest BCUT2D eigenvalue weighted by Gasteiger charge is 2.24. The maximum absolute atomic E-state index is 11.9. The molecule has 0 N–H and O–H groups in total. The lowest BCUT2D eigenvalue weighted by molar-refractivity contribution is -0.176. The summed E-state index contributed by atoms with van der Waals surface area (Å²) in [6.45, 7) is 2.79. The number of Topliss-reactive ketones (excluding diaryl/α,β-unsaturated/α-hetero) is 1. The van der Waals surface area contributed by atoms with E-state index in [0.717, 1.165) is 31.2 Å². The van der Waals surface area contributed by atoms with Crippen LogP contribution in [0.15, 0.2) is 12.4 Å². The average Bonchev–Trinajstić information content (AvgIpc) is 3.14. The van der Waals surface area contributed by atoms with Crippen molar-refractivity contribution in [3.8, 4) is 0 Å². The first kappa shape index (κ1) is 20.5. The van der Waals surface area contributed by atoms with Gasteiger partial charge in [-0.25, -0.2) is 5.06 Å². The summed E-state index contributed by atoms with van der Waals surface area (Å²) in [5, 5.41) is 5.28. The van der Waals surface area contributed by atoms with Crippen LogP contribution in [0.1, 0.15) is 36.0 Å². The fraction of sp³-hybridized carbons (Fsp3) is 0.722. The molecule has 0 radical (unpaired) electrons. The molecule has 26 heavy (non-hydrogen) atoms. The topological polar surface area (TPSA) is 82.9 Å². The smallest absolute Gasteiger partial charge is 0.249 e. The predicted molar refractivity (Wildman–Crippen MR) is 94.4 cm³/mol. The zero-order chi connectivity index (χ0) is 18.9. The summed E-state index contributed by atoms with van der Waals surface area (Å²) in [7, 11) is 4.95. The fourth-order valence-corrected chi connectivity index (χ4v) is 3.04. The summed E-state index contributed by atoms with van der Waals surface area (Å²) in [6, 6.07) is 0. The molecule has 8 nitrogen and oxygen atoms in total. The van der Waals surface area contributed by atoms with Crippen LogP contribution in [0.3, 0.4) is 0 Å². The van der Waals surface area contributed by atoms with Crippen LogP contribution in [0, 0.1) is 11.8 Å². The van der Waals surface area contributed by atoms with Crippen LogP contribution in [-0.4, -0.2) is 67.1 Å². The van der Waals surface area contributed by atoms with Gasteiger partial charge in [-0.2, -0.15) is 5.10 Å². The van der Waals surface area contributed by atoms with Crippen molar-refractivity contribution in [1.82, 2.24) is 14.8 Å². The van der Waals surface area contributed by atoms with E-state index in [0.29, 0.717) is 26.4 Å². The molecule has 0 unspecified atom stereocenters. The third-order valence-electron chi connectivity index (χ3n) is 4.74. The Morgan fingerprint density at radius 3 is 2.12 bits per heavy atom. The Hall–Kier alpha value is -1.77. The monoisotopic (exact) mass is 367 g/mol. The van der Waals surface area contributed by atoms with Gasteiger partial charge in [0.15, 0.2) is 5.78 Å². The Balaban J connectivity index is 0.000000190. The predicted octanol–water partition coefficient (Wildman–Crippen LogP) is 1.46. The number of aromatic nitrogens is 2. The molecule has 3 rings (SSSR count). The lowest BCUT2D eigenvalue weighted by atomic mass is 9.92. The SMILES string of the molecule is CON(C)C(=O)C1CCOCC1.Cn1cc(C(=O)C2CCOCC2)cn1. The fourth-order valence-electron chi connectivity index (χ4n) is 3.04. The Morgan fingerprint density at radius 1 is 1.12 bits per heavy atom. The van der Waals surface area contributed by atoms with Crippen molar-refractivity contribution >= 4 is 11.7 Å². The van der Waals surface area contributed by atoms with Gasteiger partial charge in [0.25, 0.3) is 0 Å². The number of rotatable bonds is 4. The number of nitrogens with zero attached hydrogens (tertiary/aromatic N) is 3. The first-order chi connectivity index (χ1) is 12.5. The number of ether oxygens (including phenoxy) is 2. The van der Waals surface area contributed by atoms with Crippen molar-refractivity contribution in [2.75, 3.05) is 40.6 Å². The zero-order valence-electron chi connectivity index (χ0n) is 15.8. The van der Waals surface area contributed by atoms with Crippen molar-refractivity contribution in [3.63, 3.8) is 0 Å². The van der Waals surface area contributed by atoms with E-state index in [4.69, 9.17) is 14.3 Å². The molecule has 1 aromatic heterocycles. The lowest BCUT2D eigenvalue weighted by Crippen LogP contribution is -2.35. The molecule has 146 valence electrons. The van der Waals surface area contributed by atoms with E-state index >= 15 is 0 Å². The van der Waals surface area contributed by atoms with E-state index in [1.165, 1.54) is 12.2 Å². The van der Waals surface area contributed by atoms with E-state index in [1.54, 1.807) is 24.1 Å². The van der Waals surface area contributed by atoms with Gasteiger partial charge in [-0.15, -0.1) is 0 Å². The summed E-state index contributed by atoms with van der Waals surface area (Å²) < 4.78 is 12.0. The lowest BCUT2D eigenvalue weighted by Gasteiger charge is -2.24. The molecule has 3 heterocycles. The average molecular weight is 367 g/mol. The van der Waals surface area contributed by atoms with Gasteiger partial charge in [0, 0.05) is 58.6 Å². The quantitative estimate of drug-likeness (QED) is 0.592. The van der Waals surface area contributed by atoms with E-state index in [2.05, 4.69) is 5.10 Å². The zero-order valence-corrected chi connectivity index (χ0v) is 15.8. The number of hydrogen-bond acceptors (Lipinski definition) is 6. The normalized spacial score (nSPS) is 18.7. The minimum absolute atomic E-state index is 0.0563. The largest absolute Gasteiger partial charge is 0.381 e. The first-order valence-corrected chi connectivity index (χ1v) is 9.03. The second-order valence-corrected chi connectivity index (χ2v) is 6.56. The summed E-state index contributed by atoms with van der Waals surface area (Å²) in [6.07, 6.45) is 6.72. The van der Waals surface area contributed by atoms with E-state index in [-0.39, 0.29) is 23.5 Å². The maximum atomic E-state index is 11.9. The highest BCUT2D eigenvalue weighted by molar-refractivity contribution is 5.97. The van der Waals surface area contributed by atoms with Crippen molar-refractivity contribution in [2.45, 2.75) is 25.7 Å². The third-order valence-corrected chi connectivity index (χ3v) is 4.74. The molecule has 0 aliphatic carbocycles. The Labute approximate surface area is 154 Å². The molecular formula is C18H29N3O5. The van der Waals surface area contributed by atoms with Gasteiger partial charge in [0.05, 0.1) is 18.9 Å². The van der Waals surface area contributed by atoms with Crippen molar-refractivity contribution in [2.24, 2.45) is 18.9 Å². The van der Waals surface area contributed by atoms with Crippen molar-refractivity contribution in [1.29, 1.82) is 0 Å². The van der Waals surface area contributed by atoms with Crippen LogP contribution in [0.5, 0.6) is 0 Å². The number of amides is 1. The van der Waals surface area contributed by atoms with E-state index < -0.39 is 0 Å². The van der Waals surface area contributed by atoms with Crippen LogP contribution in [0.25, 0.3) is 0 Å². The highest BCUT2D eigenvalue weighted by Crippen LogP contribution is 2.19. The molecule has 2 saturated heterocycles. The summed E-state index contributed by atoms with van der Waals surface area (Å²) in [5.74, 6) is 0.485. The van der Waals surface area contributed by atoms with Gasteiger partial charge in [0.1, 0.15) is 0 Å². The summed E-state index contributed by atoms with van der Waals surface area (Å²) in [4.78, 5) is 28.2. The molecule has 0 saturated carbocycles. The van der Waals surface area contributed by atoms with Crippen LogP contribution >= 0.6 is 0 Å². The number of hydrogen-bond donors (Lipinski definition) is 0. The number of ketones is 1. The molecule has 0 atom stereocenters. The van der Waals surface area contributed by atoms with Crippen LogP contribution in [0.4, 0.5) is 0 Å². The van der Waals surface area contributed by atoms with E-state index in [9.17, 15) is 9.59 Å². The Bertz CT molecular complexity index is 577. The van der Waals surface area contributed by atoms with Gasteiger partial charge in [-0.3, -0.25) is 19.1 Å². The van der Waals surface area contributed by atoms with Gasteiger partial charge >= 0.3 is 0 Å². The van der Waals surface area contributed by atoms with E-state index in [1.807, 2.05) is 7.05 Å². The molecule has 0 bridgehead atoms. The molecule has 0 aromatic carbocycles. The molecule has 2 fully saturated rings. The summed E-state index contributed by atoms with van der Waals surface area (Å²) >= 11 is 0. The third kappa shape index (κ3) is 5.89. The van der Waals surface area contributed by atoms with Crippen molar-refractivity contribution < 1.29 is 23.9 Å². The highest BCUT2D eigenvalue weighted by atomic mass is 16.7. The minimum Gasteiger partial charge on any atom is -0.381 e. The first-order valence-electron chi connectivity index (χ1n) is 9.03. The summed E-state index contributed by atoms with van der Waals surface area (Å²) in [5.41, 5.74) is 0.722. The molecular weight excluding hydrogens is 338 g/mol. The van der Waals surface area contributed by atoms with Gasteiger partial charge in [-0.1, -0.05) is 0 Å². The Morgan fingerprint density at radius 2 is 1.65 bits per heavy atom. The minimum atomic E-state index is 0.0563. The molecule has 2 aliphatic heterocycles. The molecule has 2 aliphatic rings. The van der Waals surface area contributed by atoms with Crippen molar-refractivity contribution in [3.05, 3.63) is 18.0 Å². The molecule has 8 heteroatoms. The number of carbonyl (C=O) groups is 2. The van der Waals surface area contributed by atoms with Gasteiger partial charge in [0.2, 0.25) is 5.91 Å². The maximum Gasteiger partial charge on any atom is 0.249 e. The van der Waals surface area contributed by atoms with Crippen LogP contribution in [-0.2, 0) is 26.2 Å². The van der Waals surface area contributed by atoms with Crippen LogP contribution in [0.2, 0.25) is 0 Å². The number of hydroxylamine groups is 2. The Kier molecular flexibility index (Phi) is 8.21. The molecule has 1 aromatic rings. The molecule has 1 amide bonds. The number of aryl methyl sites for hydroxylation is 1. The number of carbonyl (C=O) groups excluding carboxylic acids is 2. The van der Waals surface area contributed by atoms with Gasteiger partial charge in [-0.05, 0) is 25.7 Å².